The van der Waals surface area contributed by atoms with Crippen LogP contribution in [0.1, 0.15) is 6.92 Å². The fourth-order valence-corrected chi connectivity index (χ4v) is 2.47. The van der Waals surface area contributed by atoms with Crippen LogP contribution < -0.4 is 15.8 Å². The van der Waals surface area contributed by atoms with Crippen molar-refractivity contribution in [2.45, 2.75) is 13.0 Å². The van der Waals surface area contributed by atoms with Crippen LogP contribution in [0.5, 0.6) is 5.75 Å². The van der Waals surface area contributed by atoms with Crippen LogP contribution in [0.2, 0.25) is 0 Å². The van der Waals surface area contributed by atoms with Crippen LogP contribution in [0, 0.1) is 0 Å². The van der Waals surface area contributed by atoms with Crippen molar-refractivity contribution >= 4 is 28.7 Å². The molecule has 0 radical (unpaired) electrons. The molecule has 2 heterocycles. The van der Waals surface area contributed by atoms with Gasteiger partial charge in [0.25, 0.3) is 5.91 Å². The van der Waals surface area contributed by atoms with Gasteiger partial charge in [-0.25, -0.2) is 4.98 Å². The highest BCUT2D eigenvalue weighted by Gasteiger charge is 2.23. The predicted molar refractivity (Wildman–Crippen MR) is 70.7 cm³/mol. The van der Waals surface area contributed by atoms with Gasteiger partial charge in [-0.3, -0.25) is 4.79 Å². The van der Waals surface area contributed by atoms with Gasteiger partial charge < -0.3 is 15.8 Å². The number of nitrogens with one attached hydrogen (secondary N) is 1. The molecular formula is C12H11N3O2S. The summed E-state index contributed by atoms with van der Waals surface area (Å²) in [5, 5.41) is 5.41. The number of carbonyl (C=O) groups is 1. The third kappa shape index (κ3) is 1.80. The van der Waals surface area contributed by atoms with Gasteiger partial charge in [-0.2, -0.15) is 0 Å². The maximum atomic E-state index is 11.5. The molecule has 18 heavy (non-hydrogen) atoms. The number of fused-ring (bicyclic) bond motifs is 1. The van der Waals surface area contributed by atoms with Gasteiger partial charge in [0.05, 0.1) is 5.69 Å². The number of nitrogen functional groups attached to an aromatic ring is 1. The fraction of sp³-hybridized carbons (Fsp3) is 0.167. The van der Waals surface area contributed by atoms with Crippen molar-refractivity contribution in [3.05, 3.63) is 23.6 Å². The molecule has 3 rings (SSSR count). The molecule has 3 N–H and O–H groups in total. The quantitative estimate of drug-likeness (QED) is 0.824. The first-order valence-corrected chi connectivity index (χ1v) is 6.34. The van der Waals surface area contributed by atoms with Gasteiger partial charge in [-0.15, -0.1) is 11.3 Å². The van der Waals surface area contributed by atoms with Crippen LogP contribution in [0.3, 0.4) is 0 Å². The molecule has 0 bridgehead atoms. The summed E-state index contributed by atoms with van der Waals surface area (Å²) in [6.07, 6.45) is -0.459. The van der Waals surface area contributed by atoms with E-state index in [9.17, 15) is 4.79 Å². The highest BCUT2D eigenvalue weighted by molar-refractivity contribution is 7.13. The average molecular weight is 261 g/mol. The molecule has 92 valence electrons. The molecule has 5 nitrogen and oxygen atoms in total. The van der Waals surface area contributed by atoms with Crippen LogP contribution in [0.25, 0.3) is 10.6 Å². The van der Waals surface area contributed by atoms with Crippen molar-refractivity contribution in [3.8, 4) is 16.3 Å². The van der Waals surface area contributed by atoms with Crippen LogP contribution >= 0.6 is 11.3 Å². The maximum Gasteiger partial charge on any atom is 0.265 e. The molecule has 1 aliphatic rings. The van der Waals surface area contributed by atoms with E-state index in [1.54, 1.807) is 12.3 Å². The first-order chi connectivity index (χ1) is 8.63. The lowest BCUT2D eigenvalue weighted by molar-refractivity contribution is -0.122. The summed E-state index contributed by atoms with van der Waals surface area (Å²) in [4.78, 5) is 15.7. The van der Waals surface area contributed by atoms with Crippen molar-refractivity contribution < 1.29 is 9.53 Å². The van der Waals surface area contributed by atoms with E-state index in [4.69, 9.17) is 10.5 Å². The zero-order valence-electron chi connectivity index (χ0n) is 9.64. The number of hydrogen-bond acceptors (Lipinski definition) is 5. The van der Waals surface area contributed by atoms with E-state index in [0.29, 0.717) is 17.3 Å². The molecule has 1 amide bonds. The summed E-state index contributed by atoms with van der Waals surface area (Å²) in [6.45, 7) is 1.72. The highest BCUT2D eigenvalue weighted by atomic mass is 32.1. The molecule has 1 unspecified atom stereocenters. The van der Waals surface area contributed by atoms with Crippen molar-refractivity contribution in [2.24, 2.45) is 0 Å². The van der Waals surface area contributed by atoms with E-state index in [-0.39, 0.29) is 5.91 Å². The standard InChI is InChI=1S/C12H11N3O2S/c1-6-11(16)14-8-4-7(2-3-9(8)17-6)12-15-10(13)5-18-12/h2-6H,13H2,1H3,(H,14,16). The van der Waals surface area contributed by atoms with Gasteiger partial charge in [0, 0.05) is 10.9 Å². The van der Waals surface area contributed by atoms with Crippen molar-refractivity contribution in [1.29, 1.82) is 0 Å². The monoisotopic (exact) mass is 261 g/mol. The van der Waals surface area contributed by atoms with Crippen LogP contribution in [-0.2, 0) is 4.79 Å². The lowest BCUT2D eigenvalue weighted by Gasteiger charge is -2.23. The summed E-state index contributed by atoms with van der Waals surface area (Å²) >= 11 is 1.47. The molecule has 6 heteroatoms. The predicted octanol–water partition coefficient (Wildman–Crippen LogP) is 2.11. The second kappa shape index (κ2) is 3.99. The summed E-state index contributed by atoms with van der Waals surface area (Å²) in [5.41, 5.74) is 7.18. The Morgan fingerprint density at radius 1 is 1.50 bits per heavy atom. The van der Waals surface area contributed by atoms with E-state index in [2.05, 4.69) is 10.3 Å². The summed E-state index contributed by atoms with van der Waals surface area (Å²) in [6, 6.07) is 5.58. The maximum absolute atomic E-state index is 11.5. The van der Waals surface area contributed by atoms with Gasteiger partial charge in [0.15, 0.2) is 6.10 Å². The lowest BCUT2D eigenvalue weighted by atomic mass is 10.1. The molecule has 0 spiro atoms. The number of aromatic nitrogens is 1. The summed E-state index contributed by atoms with van der Waals surface area (Å²) in [7, 11) is 0. The van der Waals surface area contributed by atoms with E-state index < -0.39 is 6.10 Å². The van der Waals surface area contributed by atoms with E-state index in [1.807, 2.05) is 18.2 Å². The van der Waals surface area contributed by atoms with Crippen molar-refractivity contribution in [1.82, 2.24) is 4.98 Å². The Hall–Kier alpha value is -2.08. The molecule has 2 aromatic rings. The van der Waals surface area contributed by atoms with E-state index in [0.717, 1.165) is 10.6 Å². The largest absolute Gasteiger partial charge is 0.479 e. The number of benzene rings is 1. The third-order valence-electron chi connectivity index (χ3n) is 2.68. The van der Waals surface area contributed by atoms with Gasteiger partial charge in [-0.05, 0) is 25.1 Å². The topological polar surface area (TPSA) is 77.2 Å². The van der Waals surface area contributed by atoms with Crippen molar-refractivity contribution in [3.63, 3.8) is 0 Å². The number of amides is 1. The molecule has 0 fully saturated rings. The van der Waals surface area contributed by atoms with Gasteiger partial charge >= 0.3 is 0 Å². The molecule has 0 aliphatic carbocycles. The second-order valence-corrected chi connectivity index (χ2v) is 4.90. The third-order valence-corrected chi connectivity index (χ3v) is 3.59. The molecule has 0 saturated heterocycles. The van der Waals surface area contributed by atoms with E-state index >= 15 is 0 Å². The normalized spacial score (nSPS) is 17.8. The smallest absolute Gasteiger partial charge is 0.265 e. The average Bonchev–Trinajstić information content (AvgIpc) is 2.77. The van der Waals surface area contributed by atoms with Crippen LogP contribution in [0.4, 0.5) is 11.5 Å². The van der Waals surface area contributed by atoms with E-state index in [1.165, 1.54) is 11.3 Å². The minimum atomic E-state index is -0.459. The fourth-order valence-electron chi connectivity index (χ4n) is 1.76. The van der Waals surface area contributed by atoms with Crippen LogP contribution in [0.15, 0.2) is 23.6 Å². The lowest BCUT2D eigenvalue weighted by Crippen LogP contribution is -2.34. The van der Waals surface area contributed by atoms with Gasteiger partial charge in [0.1, 0.15) is 16.6 Å². The second-order valence-electron chi connectivity index (χ2n) is 4.04. The van der Waals surface area contributed by atoms with Crippen LogP contribution in [-0.4, -0.2) is 17.0 Å². The Labute approximate surface area is 108 Å². The SMILES string of the molecule is CC1Oc2ccc(-c3nc(N)cs3)cc2NC1=O. The first kappa shape index (κ1) is 11.0. The Morgan fingerprint density at radius 3 is 3.06 bits per heavy atom. The number of nitrogens with zero attached hydrogens (tertiary/aromatic N) is 1. The number of carbonyl (C=O) groups excluding carboxylic acids is 1. The summed E-state index contributed by atoms with van der Waals surface area (Å²) in [5.74, 6) is 1.04. The Bertz CT molecular complexity index is 624. The Morgan fingerprint density at radius 2 is 2.33 bits per heavy atom. The number of thiazole rings is 1. The zero-order valence-corrected chi connectivity index (χ0v) is 10.5. The minimum absolute atomic E-state index is 0.140. The van der Waals surface area contributed by atoms with Gasteiger partial charge in [0.2, 0.25) is 0 Å². The highest BCUT2D eigenvalue weighted by Crippen LogP contribution is 2.35. The molecule has 1 aromatic heterocycles. The zero-order chi connectivity index (χ0) is 12.7. The molecule has 1 aliphatic heterocycles. The molecule has 1 atom stereocenters. The molecule has 0 saturated carbocycles. The number of nitrogens with two attached hydrogens (primary N) is 1. The first-order valence-electron chi connectivity index (χ1n) is 5.46. The summed E-state index contributed by atoms with van der Waals surface area (Å²) < 4.78 is 5.49. The Kier molecular flexibility index (Phi) is 2.45. The van der Waals surface area contributed by atoms with Gasteiger partial charge in [-0.1, -0.05) is 0 Å². The number of anilines is 2. The molecular weight excluding hydrogens is 250 g/mol. The number of ether oxygens (including phenoxy) is 1. The number of hydrogen-bond donors (Lipinski definition) is 2. The number of rotatable bonds is 1. The van der Waals surface area contributed by atoms with Crippen molar-refractivity contribution in [2.75, 3.05) is 11.1 Å². The molecule has 1 aromatic carbocycles. The Balaban J connectivity index is 2.01. The minimum Gasteiger partial charge on any atom is -0.479 e.